The number of rotatable bonds is 10. The Balaban J connectivity index is 2.58. The van der Waals surface area contributed by atoms with Crippen molar-refractivity contribution < 1.29 is 76.5 Å². The normalized spacial score (nSPS) is 31.7. The van der Waals surface area contributed by atoms with Crippen LogP contribution in [-0.4, -0.2) is 109 Å². The Bertz CT molecular complexity index is 949. The molecule has 2 rings (SSSR count). The first-order chi connectivity index (χ1) is 18.7. The van der Waals surface area contributed by atoms with Gasteiger partial charge in [-0.1, -0.05) is 0 Å². The van der Waals surface area contributed by atoms with Crippen LogP contribution in [0.25, 0.3) is 0 Å². The predicted molar refractivity (Wildman–Crippen MR) is 125 cm³/mol. The third-order valence-electron chi connectivity index (χ3n) is 5.50. The number of aliphatic hydroxyl groups is 1. The van der Waals surface area contributed by atoms with E-state index in [0.29, 0.717) is 0 Å². The summed E-state index contributed by atoms with van der Waals surface area (Å²) in [5.74, 6) is -4.79. The minimum absolute atomic E-state index is 0.0656. The van der Waals surface area contributed by atoms with Crippen LogP contribution >= 0.6 is 0 Å². The monoisotopic (exact) mass is 578 g/mol. The van der Waals surface area contributed by atoms with Gasteiger partial charge in [-0.25, -0.2) is 0 Å². The highest BCUT2D eigenvalue weighted by Gasteiger charge is 2.55. The zero-order valence-electron chi connectivity index (χ0n) is 22.9. The Labute approximate surface area is 229 Å². The molecule has 40 heavy (non-hydrogen) atoms. The first-order valence-corrected chi connectivity index (χ1v) is 12.3. The van der Waals surface area contributed by atoms with Crippen molar-refractivity contribution in [3.8, 4) is 0 Å². The summed E-state index contributed by atoms with van der Waals surface area (Å²) in [6, 6.07) is 0. The fourth-order valence-corrected chi connectivity index (χ4v) is 4.20. The van der Waals surface area contributed by atoms with Crippen molar-refractivity contribution in [2.24, 2.45) is 0 Å². The van der Waals surface area contributed by atoms with Gasteiger partial charge in [-0.2, -0.15) is 0 Å². The van der Waals surface area contributed by atoms with Crippen LogP contribution in [0.4, 0.5) is 0 Å². The van der Waals surface area contributed by atoms with E-state index in [-0.39, 0.29) is 6.42 Å². The average Bonchev–Trinajstić information content (AvgIpc) is 2.81. The summed E-state index contributed by atoms with van der Waals surface area (Å²) >= 11 is 0. The number of carbonyl (C=O) groups is 6. The maximum atomic E-state index is 12.1. The SMILES string of the molecule is CC(=O)OC[C@H]1O[C@H](OC(C)=O)[C@H](OC(C)=O)[C@@H](OC(C)=O)[C@@H]1O[C@@H]1O[C@H](CO)C[C@H](OC(C)=O)[C@H]1OC(C)=O. The van der Waals surface area contributed by atoms with E-state index in [9.17, 15) is 33.9 Å². The lowest BCUT2D eigenvalue weighted by Crippen LogP contribution is -2.65. The smallest absolute Gasteiger partial charge is 0.305 e. The molecule has 0 aromatic heterocycles. The second-order valence-electron chi connectivity index (χ2n) is 8.97. The minimum Gasteiger partial charge on any atom is -0.463 e. The maximum Gasteiger partial charge on any atom is 0.305 e. The molecule has 2 fully saturated rings. The second kappa shape index (κ2) is 14.9. The summed E-state index contributed by atoms with van der Waals surface area (Å²) in [7, 11) is 0. The molecule has 2 saturated heterocycles. The third kappa shape index (κ3) is 9.69. The summed E-state index contributed by atoms with van der Waals surface area (Å²) in [5, 5.41) is 9.78. The van der Waals surface area contributed by atoms with Crippen LogP contribution in [0.5, 0.6) is 0 Å². The molecule has 226 valence electrons. The maximum absolute atomic E-state index is 12.1. The van der Waals surface area contributed by atoms with Gasteiger partial charge in [0.25, 0.3) is 0 Å². The van der Waals surface area contributed by atoms with E-state index >= 15 is 0 Å². The fraction of sp³-hybridized carbons (Fsp3) is 0.750. The quantitative estimate of drug-likeness (QED) is 0.245. The van der Waals surface area contributed by atoms with Gasteiger partial charge >= 0.3 is 35.8 Å². The van der Waals surface area contributed by atoms with Crippen molar-refractivity contribution in [3.05, 3.63) is 0 Å². The van der Waals surface area contributed by atoms with E-state index in [4.69, 9.17) is 42.6 Å². The summed E-state index contributed by atoms with van der Waals surface area (Å²) in [5.41, 5.74) is 0. The van der Waals surface area contributed by atoms with Crippen LogP contribution in [0.15, 0.2) is 0 Å². The van der Waals surface area contributed by atoms with Gasteiger partial charge < -0.3 is 47.7 Å². The molecule has 0 unspecified atom stereocenters. The number of aliphatic hydroxyl groups excluding tert-OH is 1. The molecular formula is C24H34O16. The first kappa shape index (κ1) is 32.9. The second-order valence-corrected chi connectivity index (χ2v) is 8.97. The van der Waals surface area contributed by atoms with Crippen molar-refractivity contribution in [1.29, 1.82) is 0 Å². The van der Waals surface area contributed by atoms with E-state index < -0.39 is 104 Å². The van der Waals surface area contributed by atoms with Gasteiger partial charge in [0.05, 0.1) is 12.7 Å². The molecule has 0 amide bonds. The molecule has 0 bridgehead atoms. The standard InChI is InChI=1S/C24H34O16/c1-10(26)32-9-18-19(21(35-13(4)29)22(36-14(5)30)24(39-18)37-15(6)31)40-23-20(34-12(3)28)17(33-11(2)27)7-16(8-25)38-23/h16-25H,7-9H2,1-6H3/t16-,17-,18+,19+,20+,21-,22+,23-,24-/m0/s1. The Morgan fingerprint density at radius 1 is 0.625 bits per heavy atom. The van der Waals surface area contributed by atoms with E-state index in [1.807, 2.05) is 0 Å². The number of ether oxygens (including phenoxy) is 9. The van der Waals surface area contributed by atoms with Gasteiger partial charge in [0.1, 0.15) is 24.9 Å². The molecule has 16 nitrogen and oxygen atoms in total. The number of esters is 6. The Kier molecular flexibility index (Phi) is 12.2. The highest BCUT2D eigenvalue weighted by Crippen LogP contribution is 2.34. The Hall–Kier alpha value is -3.34. The molecule has 0 saturated carbocycles. The number of carbonyl (C=O) groups excluding carboxylic acids is 6. The van der Waals surface area contributed by atoms with Crippen LogP contribution in [0, 0.1) is 0 Å². The highest BCUT2D eigenvalue weighted by atomic mass is 16.8. The predicted octanol–water partition coefficient (Wildman–Crippen LogP) is -0.943. The van der Waals surface area contributed by atoms with E-state index in [2.05, 4.69) is 0 Å². The first-order valence-electron chi connectivity index (χ1n) is 12.3. The molecule has 2 aliphatic heterocycles. The minimum atomic E-state index is -1.62. The molecule has 9 atom stereocenters. The zero-order chi connectivity index (χ0) is 30.1. The molecule has 0 radical (unpaired) electrons. The lowest BCUT2D eigenvalue weighted by atomic mass is 9.97. The van der Waals surface area contributed by atoms with Crippen molar-refractivity contribution >= 4 is 35.8 Å². The largest absolute Gasteiger partial charge is 0.463 e. The third-order valence-corrected chi connectivity index (χ3v) is 5.50. The summed E-state index contributed by atoms with van der Waals surface area (Å²) in [4.78, 5) is 71.1. The van der Waals surface area contributed by atoms with Gasteiger partial charge in [0.15, 0.2) is 18.5 Å². The molecule has 0 spiro atoms. The van der Waals surface area contributed by atoms with Crippen LogP contribution in [-0.2, 0) is 71.4 Å². The van der Waals surface area contributed by atoms with Crippen molar-refractivity contribution in [3.63, 3.8) is 0 Å². The molecule has 0 aromatic rings. The summed E-state index contributed by atoms with van der Waals surface area (Å²) < 4.78 is 49.1. The van der Waals surface area contributed by atoms with E-state index in [0.717, 1.165) is 41.5 Å². The van der Waals surface area contributed by atoms with E-state index in [1.54, 1.807) is 0 Å². The van der Waals surface area contributed by atoms with Gasteiger partial charge in [0, 0.05) is 48.0 Å². The number of hydrogen-bond acceptors (Lipinski definition) is 16. The van der Waals surface area contributed by atoms with Crippen LogP contribution in [0.1, 0.15) is 48.0 Å². The van der Waals surface area contributed by atoms with Gasteiger partial charge in [-0.15, -0.1) is 0 Å². The summed E-state index contributed by atoms with van der Waals surface area (Å²) in [6.45, 7) is 5.43. The van der Waals surface area contributed by atoms with Crippen molar-refractivity contribution in [2.75, 3.05) is 13.2 Å². The number of hydrogen-bond donors (Lipinski definition) is 1. The van der Waals surface area contributed by atoms with Gasteiger partial charge in [0.2, 0.25) is 12.4 Å². The van der Waals surface area contributed by atoms with Crippen LogP contribution < -0.4 is 0 Å². The molecule has 2 aliphatic rings. The fourth-order valence-electron chi connectivity index (χ4n) is 4.20. The lowest BCUT2D eigenvalue weighted by molar-refractivity contribution is -0.347. The Morgan fingerprint density at radius 3 is 1.65 bits per heavy atom. The summed E-state index contributed by atoms with van der Waals surface area (Å²) in [6.07, 6.45) is -12.7. The molecule has 0 aromatic carbocycles. The van der Waals surface area contributed by atoms with Crippen LogP contribution in [0.2, 0.25) is 0 Å². The van der Waals surface area contributed by atoms with Crippen LogP contribution in [0.3, 0.4) is 0 Å². The molecular weight excluding hydrogens is 544 g/mol. The zero-order valence-corrected chi connectivity index (χ0v) is 22.9. The Morgan fingerprint density at radius 2 is 1.15 bits per heavy atom. The average molecular weight is 579 g/mol. The highest BCUT2D eigenvalue weighted by molar-refractivity contribution is 5.69. The van der Waals surface area contributed by atoms with Crippen molar-refractivity contribution in [2.45, 2.75) is 103 Å². The molecule has 0 aliphatic carbocycles. The molecule has 2 heterocycles. The van der Waals surface area contributed by atoms with Gasteiger partial charge in [-0.05, 0) is 0 Å². The molecule has 16 heteroatoms. The lowest BCUT2D eigenvalue weighted by Gasteiger charge is -2.47. The van der Waals surface area contributed by atoms with Gasteiger partial charge in [-0.3, -0.25) is 28.8 Å². The molecule has 1 N–H and O–H groups in total. The van der Waals surface area contributed by atoms with Crippen molar-refractivity contribution in [1.82, 2.24) is 0 Å². The van der Waals surface area contributed by atoms with E-state index in [1.165, 1.54) is 0 Å². The topological polar surface area (TPSA) is 206 Å².